The second-order valence-corrected chi connectivity index (χ2v) is 7.53. The van der Waals surface area contributed by atoms with Crippen LogP contribution in [0, 0.1) is 0 Å². The number of nitrogen functional groups attached to an aromatic ring is 1. The number of anilines is 2. The van der Waals surface area contributed by atoms with Gasteiger partial charge in [-0.1, -0.05) is 18.2 Å². The molecule has 1 aliphatic heterocycles. The zero-order chi connectivity index (χ0) is 21.7. The van der Waals surface area contributed by atoms with Gasteiger partial charge >= 0.3 is 6.01 Å². The highest BCUT2D eigenvalue weighted by atomic mass is 35.5. The van der Waals surface area contributed by atoms with Gasteiger partial charge in [0.15, 0.2) is 5.58 Å². The van der Waals surface area contributed by atoms with E-state index in [2.05, 4.69) is 26.8 Å². The number of aromatic nitrogens is 4. The number of nitrogens with zero attached hydrogens (tertiary/aromatic N) is 5. The minimum absolute atomic E-state index is 0.0324. The zero-order valence-corrected chi connectivity index (χ0v) is 16.8. The van der Waals surface area contributed by atoms with Crippen molar-refractivity contribution < 1.29 is 14.0 Å². The fraction of sp³-hybridized carbons (Fsp3) is 0.150. The number of oxazole rings is 1. The Bertz CT molecular complexity index is 1370. The molecule has 0 spiro atoms. The van der Waals surface area contributed by atoms with Crippen molar-refractivity contribution in [3.63, 3.8) is 0 Å². The van der Waals surface area contributed by atoms with Crippen molar-refractivity contribution in [1.29, 1.82) is 0 Å². The van der Waals surface area contributed by atoms with Crippen LogP contribution in [-0.4, -0.2) is 49.3 Å². The standard InChI is InChI=1S/C20H16ClN7O3/c1-2-15(29)27-6-11(7-27)28-8-12(16-17(22)23-9-24-18(16)28)19(30)26-20-25-13-5-10(21)3-4-14(13)31-20/h2-5,8-9,11H,1,6-7H2,(H2,22,23,24)(H,25,26,30). The molecule has 1 saturated heterocycles. The van der Waals surface area contributed by atoms with Gasteiger partial charge in [0.05, 0.1) is 17.0 Å². The Labute approximate surface area is 180 Å². The Hall–Kier alpha value is -3.92. The lowest BCUT2D eigenvalue weighted by atomic mass is 10.1. The number of carbonyl (C=O) groups is 2. The molecule has 0 aliphatic carbocycles. The molecule has 1 aromatic carbocycles. The maximum atomic E-state index is 13.0. The summed E-state index contributed by atoms with van der Waals surface area (Å²) < 4.78 is 7.41. The lowest BCUT2D eigenvalue weighted by Gasteiger charge is -2.39. The highest BCUT2D eigenvalue weighted by Gasteiger charge is 2.33. The number of nitrogens with one attached hydrogen (secondary N) is 1. The Balaban J connectivity index is 1.48. The molecule has 4 aromatic rings. The van der Waals surface area contributed by atoms with E-state index in [1.54, 1.807) is 29.3 Å². The van der Waals surface area contributed by atoms with Gasteiger partial charge in [0.2, 0.25) is 5.91 Å². The molecule has 3 N–H and O–H groups in total. The first kappa shape index (κ1) is 19.1. The third kappa shape index (κ3) is 3.17. The van der Waals surface area contributed by atoms with Crippen LogP contribution in [0.15, 0.2) is 47.8 Å². The Morgan fingerprint density at radius 1 is 1.32 bits per heavy atom. The number of hydrogen-bond donors (Lipinski definition) is 2. The summed E-state index contributed by atoms with van der Waals surface area (Å²) in [5.41, 5.74) is 7.87. The predicted molar refractivity (Wildman–Crippen MR) is 115 cm³/mol. The molecule has 0 bridgehead atoms. The van der Waals surface area contributed by atoms with Crippen molar-refractivity contribution in [3.8, 4) is 0 Å². The first-order valence-corrected chi connectivity index (χ1v) is 9.72. The van der Waals surface area contributed by atoms with E-state index < -0.39 is 5.91 Å². The number of halogens is 1. The Kier molecular flexibility index (Phi) is 4.36. The monoisotopic (exact) mass is 437 g/mol. The molecule has 1 aliphatic rings. The molecule has 10 nitrogen and oxygen atoms in total. The van der Waals surface area contributed by atoms with Crippen LogP contribution < -0.4 is 11.1 Å². The van der Waals surface area contributed by atoms with E-state index in [9.17, 15) is 9.59 Å². The minimum Gasteiger partial charge on any atom is -0.423 e. The molecule has 156 valence electrons. The highest BCUT2D eigenvalue weighted by molar-refractivity contribution is 6.31. The van der Waals surface area contributed by atoms with Crippen molar-refractivity contribution >= 4 is 57.4 Å². The minimum atomic E-state index is -0.471. The molecule has 3 aromatic heterocycles. The quantitative estimate of drug-likeness (QED) is 0.469. The molecule has 0 radical (unpaired) electrons. The van der Waals surface area contributed by atoms with Crippen molar-refractivity contribution in [1.82, 2.24) is 24.4 Å². The van der Waals surface area contributed by atoms with Crippen LogP contribution in [0.5, 0.6) is 0 Å². The van der Waals surface area contributed by atoms with Gasteiger partial charge in [0, 0.05) is 24.3 Å². The second kappa shape index (κ2) is 7.10. The van der Waals surface area contributed by atoms with Crippen molar-refractivity contribution in [3.05, 3.63) is 54.0 Å². The number of benzene rings is 1. The molecule has 1 fully saturated rings. The summed E-state index contributed by atoms with van der Waals surface area (Å²) in [6.45, 7) is 4.46. The van der Waals surface area contributed by atoms with E-state index >= 15 is 0 Å². The van der Waals surface area contributed by atoms with E-state index in [1.165, 1.54) is 12.4 Å². The highest BCUT2D eigenvalue weighted by Crippen LogP contribution is 2.31. The average molecular weight is 438 g/mol. The molecule has 0 unspecified atom stereocenters. The van der Waals surface area contributed by atoms with Gasteiger partial charge < -0.3 is 19.6 Å². The van der Waals surface area contributed by atoms with Crippen LogP contribution in [0.2, 0.25) is 5.02 Å². The number of rotatable bonds is 4. The summed E-state index contributed by atoms with van der Waals surface area (Å²) in [5, 5.41) is 3.58. The predicted octanol–water partition coefficient (Wildman–Crippen LogP) is 2.63. The maximum absolute atomic E-state index is 13.0. The summed E-state index contributed by atoms with van der Waals surface area (Å²) in [6, 6.07) is 4.97. The molecule has 4 heterocycles. The first-order valence-electron chi connectivity index (χ1n) is 9.34. The van der Waals surface area contributed by atoms with Crippen LogP contribution in [0.1, 0.15) is 16.4 Å². The van der Waals surface area contributed by atoms with Crippen LogP contribution in [0.4, 0.5) is 11.8 Å². The van der Waals surface area contributed by atoms with Gasteiger partial charge in [-0.3, -0.25) is 14.9 Å². The first-order chi connectivity index (χ1) is 14.9. The topological polar surface area (TPSA) is 132 Å². The largest absolute Gasteiger partial charge is 0.423 e. The fourth-order valence-corrected chi connectivity index (χ4v) is 3.78. The van der Waals surface area contributed by atoms with Gasteiger partial charge in [-0.15, -0.1) is 0 Å². The summed E-state index contributed by atoms with van der Waals surface area (Å²) >= 11 is 5.97. The fourth-order valence-electron chi connectivity index (χ4n) is 3.62. The number of amides is 2. The molecule has 0 atom stereocenters. The number of carbonyl (C=O) groups excluding carboxylic acids is 2. The molecule has 11 heteroatoms. The van der Waals surface area contributed by atoms with Crippen LogP contribution in [0.25, 0.3) is 22.1 Å². The molecular weight excluding hydrogens is 422 g/mol. The van der Waals surface area contributed by atoms with Crippen molar-refractivity contribution in [2.24, 2.45) is 0 Å². The van der Waals surface area contributed by atoms with E-state index in [4.69, 9.17) is 21.8 Å². The van der Waals surface area contributed by atoms with Crippen LogP contribution in [-0.2, 0) is 4.79 Å². The number of hydrogen-bond acceptors (Lipinski definition) is 7. The molecule has 5 rings (SSSR count). The van der Waals surface area contributed by atoms with Gasteiger partial charge in [-0.05, 0) is 24.3 Å². The van der Waals surface area contributed by atoms with Gasteiger partial charge in [0.1, 0.15) is 23.3 Å². The number of fused-ring (bicyclic) bond motifs is 2. The number of nitrogens with two attached hydrogens (primary N) is 1. The van der Waals surface area contributed by atoms with Gasteiger partial charge in [0.25, 0.3) is 5.91 Å². The van der Waals surface area contributed by atoms with Crippen molar-refractivity contribution in [2.45, 2.75) is 6.04 Å². The normalized spacial score (nSPS) is 14.0. The second-order valence-electron chi connectivity index (χ2n) is 7.09. The SMILES string of the molecule is C=CC(=O)N1CC(n2cc(C(=O)Nc3nc4cc(Cl)ccc4o3)c3c(N)ncnc32)C1. The van der Waals surface area contributed by atoms with E-state index in [1.807, 2.05) is 4.57 Å². The van der Waals surface area contributed by atoms with Gasteiger partial charge in [-0.2, -0.15) is 4.98 Å². The summed E-state index contributed by atoms with van der Waals surface area (Å²) in [6.07, 6.45) is 4.27. The van der Waals surface area contributed by atoms with Crippen LogP contribution >= 0.6 is 11.6 Å². The van der Waals surface area contributed by atoms with E-state index in [-0.39, 0.29) is 29.3 Å². The smallest absolute Gasteiger partial charge is 0.302 e. The van der Waals surface area contributed by atoms with E-state index in [0.717, 1.165) is 0 Å². The lowest BCUT2D eigenvalue weighted by molar-refractivity contribution is -0.131. The Morgan fingerprint density at radius 2 is 2.13 bits per heavy atom. The summed E-state index contributed by atoms with van der Waals surface area (Å²) in [4.78, 5) is 39.0. The van der Waals surface area contributed by atoms with Crippen molar-refractivity contribution in [2.75, 3.05) is 24.1 Å². The number of likely N-dealkylation sites (tertiary alicyclic amines) is 1. The molecule has 31 heavy (non-hydrogen) atoms. The molecule has 2 amide bonds. The molecule has 0 saturated carbocycles. The van der Waals surface area contributed by atoms with Gasteiger partial charge in [-0.25, -0.2) is 9.97 Å². The van der Waals surface area contributed by atoms with Crippen LogP contribution in [0.3, 0.4) is 0 Å². The zero-order valence-electron chi connectivity index (χ0n) is 16.1. The lowest BCUT2D eigenvalue weighted by Crippen LogP contribution is -2.50. The summed E-state index contributed by atoms with van der Waals surface area (Å²) in [7, 11) is 0. The maximum Gasteiger partial charge on any atom is 0.302 e. The molecular formula is C20H16ClN7O3. The third-order valence-corrected chi connectivity index (χ3v) is 5.43. The Morgan fingerprint density at radius 3 is 2.90 bits per heavy atom. The average Bonchev–Trinajstić information content (AvgIpc) is 3.28. The van der Waals surface area contributed by atoms with E-state index in [0.29, 0.717) is 40.2 Å². The summed E-state index contributed by atoms with van der Waals surface area (Å²) in [5.74, 6) is -0.436. The third-order valence-electron chi connectivity index (χ3n) is 5.20.